The molecule has 0 aliphatic heterocycles. The quantitative estimate of drug-likeness (QED) is 0.804. The summed E-state index contributed by atoms with van der Waals surface area (Å²) in [6.45, 7) is 3.02. The Labute approximate surface area is 102 Å². The Morgan fingerprint density at radius 3 is 2.59 bits per heavy atom. The molecule has 4 heteroatoms. The lowest BCUT2D eigenvalue weighted by Gasteiger charge is -2.18. The van der Waals surface area contributed by atoms with Crippen LogP contribution in [-0.2, 0) is 6.54 Å². The van der Waals surface area contributed by atoms with Crippen molar-refractivity contribution in [2.75, 3.05) is 14.1 Å². The van der Waals surface area contributed by atoms with Crippen molar-refractivity contribution in [3.8, 4) is 11.3 Å². The van der Waals surface area contributed by atoms with Gasteiger partial charge in [-0.15, -0.1) is 5.10 Å². The molecule has 0 N–H and O–H groups in total. The minimum atomic E-state index is 0.445. The second-order valence-electron chi connectivity index (χ2n) is 4.50. The third-order valence-electron chi connectivity index (χ3n) is 2.94. The zero-order valence-corrected chi connectivity index (χ0v) is 10.5. The molecule has 1 aromatic carbocycles. The first-order valence-electron chi connectivity index (χ1n) is 5.79. The Hall–Kier alpha value is -1.68. The van der Waals surface area contributed by atoms with Gasteiger partial charge in [0.1, 0.15) is 5.69 Å². The summed E-state index contributed by atoms with van der Waals surface area (Å²) < 4.78 is 1.90. The largest absolute Gasteiger partial charge is 0.305 e. The van der Waals surface area contributed by atoms with Crippen LogP contribution in [0.3, 0.4) is 0 Å². The highest BCUT2D eigenvalue weighted by molar-refractivity contribution is 5.57. The van der Waals surface area contributed by atoms with E-state index < -0.39 is 0 Å². The molecule has 1 aromatic heterocycles. The fraction of sp³-hybridized carbons (Fsp3) is 0.385. The summed E-state index contributed by atoms with van der Waals surface area (Å²) in [7, 11) is 4.14. The standard InChI is InChI=1S/C13H18N4/c1-11(16(2)3)9-17-10-13(14-15-17)12-7-5-4-6-8-12/h4-8,10-11H,9H2,1-3H3/t11-/m1/s1. The summed E-state index contributed by atoms with van der Waals surface area (Å²) in [5, 5.41) is 8.35. The summed E-state index contributed by atoms with van der Waals surface area (Å²) in [5.74, 6) is 0. The number of benzene rings is 1. The molecule has 0 aliphatic carbocycles. The lowest BCUT2D eigenvalue weighted by Crippen LogP contribution is -2.29. The molecule has 0 aliphatic rings. The van der Waals surface area contributed by atoms with Crippen molar-refractivity contribution in [1.29, 1.82) is 0 Å². The maximum Gasteiger partial charge on any atom is 0.113 e. The third kappa shape index (κ3) is 2.91. The van der Waals surface area contributed by atoms with Gasteiger partial charge in [-0.3, -0.25) is 4.68 Å². The van der Waals surface area contributed by atoms with E-state index in [-0.39, 0.29) is 0 Å². The smallest absolute Gasteiger partial charge is 0.113 e. The van der Waals surface area contributed by atoms with Crippen LogP contribution in [0.5, 0.6) is 0 Å². The summed E-state index contributed by atoms with van der Waals surface area (Å²) in [6, 6.07) is 10.6. The Morgan fingerprint density at radius 1 is 1.24 bits per heavy atom. The average Bonchev–Trinajstić information content (AvgIpc) is 2.78. The van der Waals surface area contributed by atoms with Gasteiger partial charge in [0.2, 0.25) is 0 Å². The Kier molecular flexibility index (Phi) is 3.54. The molecule has 90 valence electrons. The van der Waals surface area contributed by atoms with E-state index in [0.29, 0.717) is 6.04 Å². The van der Waals surface area contributed by atoms with Crippen LogP contribution >= 0.6 is 0 Å². The molecule has 17 heavy (non-hydrogen) atoms. The van der Waals surface area contributed by atoms with Gasteiger partial charge in [0.15, 0.2) is 0 Å². The zero-order valence-electron chi connectivity index (χ0n) is 10.5. The summed E-state index contributed by atoms with van der Waals surface area (Å²) in [6.07, 6.45) is 2.00. The van der Waals surface area contributed by atoms with Crippen LogP contribution in [0.2, 0.25) is 0 Å². The van der Waals surface area contributed by atoms with Crippen LogP contribution in [0.25, 0.3) is 11.3 Å². The summed E-state index contributed by atoms with van der Waals surface area (Å²) in [4.78, 5) is 2.17. The van der Waals surface area contributed by atoms with Crippen molar-refractivity contribution in [3.05, 3.63) is 36.5 Å². The van der Waals surface area contributed by atoms with Crippen molar-refractivity contribution in [3.63, 3.8) is 0 Å². The normalized spacial score (nSPS) is 12.9. The number of aromatic nitrogens is 3. The molecule has 0 radical (unpaired) electrons. The third-order valence-corrected chi connectivity index (χ3v) is 2.94. The van der Waals surface area contributed by atoms with Gasteiger partial charge in [0.05, 0.1) is 12.7 Å². The summed E-state index contributed by atoms with van der Waals surface area (Å²) in [5.41, 5.74) is 2.04. The number of likely N-dealkylation sites (N-methyl/N-ethyl adjacent to an activating group) is 1. The van der Waals surface area contributed by atoms with Crippen LogP contribution < -0.4 is 0 Å². The average molecular weight is 230 g/mol. The fourth-order valence-electron chi connectivity index (χ4n) is 1.56. The lowest BCUT2D eigenvalue weighted by atomic mass is 10.2. The second-order valence-corrected chi connectivity index (χ2v) is 4.50. The maximum absolute atomic E-state index is 4.19. The number of hydrogen-bond acceptors (Lipinski definition) is 3. The molecule has 2 aromatic rings. The second kappa shape index (κ2) is 5.10. The summed E-state index contributed by atoms with van der Waals surface area (Å²) >= 11 is 0. The van der Waals surface area contributed by atoms with E-state index in [1.807, 2.05) is 41.2 Å². The first-order chi connectivity index (χ1) is 8.16. The first kappa shape index (κ1) is 11.8. The van der Waals surface area contributed by atoms with Gasteiger partial charge in [-0.05, 0) is 21.0 Å². The highest BCUT2D eigenvalue weighted by Crippen LogP contribution is 2.14. The van der Waals surface area contributed by atoms with Crippen molar-refractivity contribution in [2.45, 2.75) is 19.5 Å². The molecule has 4 nitrogen and oxygen atoms in total. The number of nitrogens with zero attached hydrogens (tertiary/aromatic N) is 4. The molecular formula is C13H18N4. The minimum absolute atomic E-state index is 0.445. The molecule has 0 amide bonds. The Morgan fingerprint density at radius 2 is 1.94 bits per heavy atom. The van der Waals surface area contributed by atoms with E-state index in [2.05, 4.69) is 36.2 Å². The minimum Gasteiger partial charge on any atom is -0.305 e. The van der Waals surface area contributed by atoms with Gasteiger partial charge in [-0.2, -0.15) is 0 Å². The lowest BCUT2D eigenvalue weighted by molar-refractivity contribution is 0.274. The SMILES string of the molecule is C[C@H](Cn1cc(-c2ccccc2)nn1)N(C)C. The molecule has 2 rings (SSSR count). The molecule has 0 bridgehead atoms. The van der Waals surface area contributed by atoms with E-state index in [0.717, 1.165) is 17.8 Å². The van der Waals surface area contributed by atoms with Crippen LogP contribution in [0, 0.1) is 0 Å². The molecule has 0 unspecified atom stereocenters. The molecule has 1 heterocycles. The monoisotopic (exact) mass is 230 g/mol. The molecule has 0 saturated heterocycles. The van der Waals surface area contributed by atoms with E-state index in [1.54, 1.807) is 0 Å². The predicted molar refractivity (Wildman–Crippen MR) is 68.6 cm³/mol. The van der Waals surface area contributed by atoms with E-state index in [9.17, 15) is 0 Å². The van der Waals surface area contributed by atoms with Crippen LogP contribution in [0.1, 0.15) is 6.92 Å². The molecule has 1 atom stereocenters. The number of hydrogen-bond donors (Lipinski definition) is 0. The van der Waals surface area contributed by atoms with Crippen LogP contribution in [0.4, 0.5) is 0 Å². The molecule has 0 spiro atoms. The first-order valence-corrected chi connectivity index (χ1v) is 5.79. The zero-order chi connectivity index (χ0) is 12.3. The van der Waals surface area contributed by atoms with Gasteiger partial charge >= 0.3 is 0 Å². The van der Waals surface area contributed by atoms with Crippen LogP contribution in [0.15, 0.2) is 36.5 Å². The van der Waals surface area contributed by atoms with Crippen molar-refractivity contribution in [2.24, 2.45) is 0 Å². The molecule has 0 fully saturated rings. The molecular weight excluding hydrogens is 212 g/mol. The van der Waals surface area contributed by atoms with Crippen molar-refractivity contribution < 1.29 is 0 Å². The fourth-order valence-corrected chi connectivity index (χ4v) is 1.56. The van der Waals surface area contributed by atoms with Crippen molar-refractivity contribution >= 4 is 0 Å². The van der Waals surface area contributed by atoms with E-state index in [1.165, 1.54) is 0 Å². The van der Waals surface area contributed by atoms with Gasteiger partial charge in [0, 0.05) is 11.6 Å². The topological polar surface area (TPSA) is 34.0 Å². The van der Waals surface area contributed by atoms with E-state index in [4.69, 9.17) is 0 Å². The Bertz CT molecular complexity index is 461. The Balaban J connectivity index is 2.12. The highest BCUT2D eigenvalue weighted by atomic mass is 15.4. The van der Waals surface area contributed by atoms with Gasteiger partial charge in [0.25, 0.3) is 0 Å². The van der Waals surface area contributed by atoms with Crippen LogP contribution in [-0.4, -0.2) is 40.0 Å². The highest BCUT2D eigenvalue weighted by Gasteiger charge is 2.08. The van der Waals surface area contributed by atoms with Gasteiger partial charge in [-0.25, -0.2) is 0 Å². The van der Waals surface area contributed by atoms with Gasteiger partial charge < -0.3 is 4.90 Å². The predicted octanol–water partition coefficient (Wildman–Crippen LogP) is 1.90. The van der Waals surface area contributed by atoms with Gasteiger partial charge in [-0.1, -0.05) is 35.5 Å². The maximum atomic E-state index is 4.19. The molecule has 0 saturated carbocycles. The van der Waals surface area contributed by atoms with E-state index >= 15 is 0 Å². The number of rotatable bonds is 4. The van der Waals surface area contributed by atoms with Crippen molar-refractivity contribution in [1.82, 2.24) is 19.9 Å².